The minimum absolute atomic E-state index is 0.0392. The molecule has 9 heteroatoms. The van der Waals surface area contributed by atoms with Gasteiger partial charge >= 0.3 is 11.9 Å². The molecule has 0 atom stereocenters. The molecule has 1 amide bonds. The maximum atomic E-state index is 12.8. The Morgan fingerprint density at radius 1 is 1.06 bits per heavy atom. The van der Waals surface area contributed by atoms with Gasteiger partial charge in [0.05, 0.1) is 19.3 Å². The molecule has 0 unspecified atom stereocenters. The van der Waals surface area contributed by atoms with E-state index in [0.717, 1.165) is 11.3 Å². The zero-order valence-electron chi connectivity index (χ0n) is 20.4. The first-order valence-corrected chi connectivity index (χ1v) is 12.1. The third kappa shape index (κ3) is 6.30. The van der Waals surface area contributed by atoms with Crippen LogP contribution in [0.25, 0.3) is 0 Å². The van der Waals surface area contributed by atoms with Gasteiger partial charge in [-0.05, 0) is 54.7 Å². The van der Waals surface area contributed by atoms with Crippen LogP contribution in [-0.4, -0.2) is 31.6 Å². The Balaban J connectivity index is 1.72. The molecule has 2 aromatic heterocycles. The average molecular weight is 500 g/mol. The van der Waals surface area contributed by atoms with Crippen molar-refractivity contribution >= 4 is 34.2 Å². The molecule has 0 aliphatic heterocycles. The van der Waals surface area contributed by atoms with Crippen LogP contribution in [0.5, 0.6) is 5.75 Å². The van der Waals surface area contributed by atoms with Crippen molar-refractivity contribution in [2.45, 2.75) is 46.6 Å². The number of carbonyl (C=O) groups is 3. The number of carbonyl (C=O) groups excluding carboxylic acids is 3. The Labute approximate surface area is 208 Å². The number of nitrogens with one attached hydrogen (secondary N) is 1. The zero-order valence-corrected chi connectivity index (χ0v) is 21.2. The summed E-state index contributed by atoms with van der Waals surface area (Å²) < 4.78 is 21.4. The molecule has 3 rings (SSSR count). The van der Waals surface area contributed by atoms with Crippen molar-refractivity contribution in [1.29, 1.82) is 0 Å². The van der Waals surface area contributed by atoms with Gasteiger partial charge in [-0.3, -0.25) is 4.79 Å². The predicted molar refractivity (Wildman–Crippen MR) is 132 cm³/mol. The van der Waals surface area contributed by atoms with Gasteiger partial charge in [0.1, 0.15) is 28.0 Å². The lowest BCUT2D eigenvalue weighted by atomic mass is 10.0. The van der Waals surface area contributed by atoms with E-state index in [1.807, 2.05) is 31.2 Å². The van der Waals surface area contributed by atoms with Crippen LogP contribution in [-0.2, 0) is 16.1 Å². The summed E-state index contributed by atoms with van der Waals surface area (Å²) in [6.45, 7) is 8.09. The third-order valence-electron chi connectivity index (χ3n) is 5.20. The lowest BCUT2D eigenvalue weighted by Crippen LogP contribution is -2.14. The van der Waals surface area contributed by atoms with Gasteiger partial charge in [0, 0.05) is 0 Å². The van der Waals surface area contributed by atoms with E-state index in [4.69, 9.17) is 18.6 Å². The summed E-state index contributed by atoms with van der Waals surface area (Å²) in [5, 5.41) is 2.85. The molecule has 0 aliphatic carbocycles. The second-order valence-corrected chi connectivity index (χ2v) is 9.14. The highest BCUT2D eigenvalue weighted by Crippen LogP contribution is 2.34. The fourth-order valence-corrected chi connectivity index (χ4v) is 4.36. The number of furan rings is 1. The highest BCUT2D eigenvalue weighted by molar-refractivity contribution is 7.18. The van der Waals surface area contributed by atoms with Crippen LogP contribution in [0.1, 0.15) is 80.6 Å². The molecule has 1 N–H and O–H groups in total. The van der Waals surface area contributed by atoms with Crippen LogP contribution in [0.15, 0.2) is 40.8 Å². The van der Waals surface area contributed by atoms with Gasteiger partial charge in [-0.25, -0.2) is 9.59 Å². The molecule has 0 aliphatic rings. The first-order chi connectivity index (χ1) is 16.7. The predicted octanol–water partition coefficient (Wildman–Crippen LogP) is 5.96. The normalized spacial score (nSPS) is 10.8. The van der Waals surface area contributed by atoms with Gasteiger partial charge in [-0.15, -0.1) is 11.3 Å². The minimum Gasteiger partial charge on any atom is -0.486 e. The molecular weight excluding hydrogens is 470 g/mol. The number of esters is 2. The number of hydrogen-bond acceptors (Lipinski definition) is 8. The summed E-state index contributed by atoms with van der Waals surface area (Å²) in [6, 6.07) is 11.0. The Morgan fingerprint density at radius 2 is 1.77 bits per heavy atom. The Morgan fingerprint density at radius 3 is 2.40 bits per heavy atom. The molecule has 0 radical (unpaired) electrons. The van der Waals surface area contributed by atoms with E-state index < -0.39 is 17.8 Å². The first kappa shape index (κ1) is 26.0. The molecule has 0 saturated heterocycles. The van der Waals surface area contributed by atoms with Crippen molar-refractivity contribution in [2.24, 2.45) is 0 Å². The third-order valence-corrected chi connectivity index (χ3v) is 6.39. The average Bonchev–Trinajstić information content (AvgIpc) is 3.45. The van der Waals surface area contributed by atoms with Crippen LogP contribution in [0, 0.1) is 6.92 Å². The fraction of sp³-hybridized carbons (Fsp3) is 0.346. The number of anilines is 1. The molecule has 35 heavy (non-hydrogen) atoms. The monoisotopic (exact) mass is 499 g/mol. The van der Waals surface area contributed by atoms with Gasteiger partial charge in [0.15, 0.2) is 5.76 Å². The number of benzene rings is 1. The van der Waals surface area contributed by atoms with Crippen molar-refractivity contribution < 1.29 is 33.0 Å². The minimum atomic E-state index is -0.622. The standard InChI is InChI=1S/C26H29NO7S/c1-6-13-32-25(29)21-16(4)22(26(30)31-5)35-24(21)27-23(28)20-12-11-19(34-20)14-33-18-9-7-17(8-10-18)15(2)3/h7-12,15H,6,13-14H2,1-5H3,(H,27,28). The van der Waals surface area contributed by atoms with Gasteiger partial charge < -0.3 is 23.9 Å². The van der Waals surface area contributed by atoms with Gasteiger partial charge in [-0.2, -0.15) is 0 Å². The molecule has 1 aromatic carbocycles. The number of methoxy groups -OCH3 is 1. The fourth-order valence-electron chi connectivity index (χ4n) is 3.25. The number of hydrogen-bond donors (Lipinski definition) is 1. The topological polar surface area (TPSA) is 104 Å². The van der Waals surface area contributed by atoms with Gasteiger partial charge in [-0.1, -0.05) is 32.9 Å². The van der Waals surface area contributed by atoms with Gasteiger partial charge in [0.25, 0.3) is 5.91 Å². The summed E-state index contributed by atoms with van der Waals surface area (Å²) in [4.78, 5) is 37.8. The van der Waals surface area contributed by atoms with E-state index in [9.17, 15) is 14.4 Å². The van der Waals surface area contributed by atoms with Crippen molar-refractivity contribution in [3.63, 3.8) is 0 Å². The van der Waals surface area contributed by atoms with Crippen molar-refractivity contribution in [1.82, 2.24) is 0 Å². The summed E-state index contributed by atoms with van der Waals surface area (Å²) in [5.41, 5.74) is 1.72. The maximum absolute atomic E-state index is 12.8. The molecule has 0 fully saturated rings. The molecule has 0 saturated carbocycles. The van der Waals surface area contributed by atoms with Crippen molar-refractivity contribution in [3.8, 4) is 5.75 Å². The van der Waals surface area contributed by atoms with E-state index in [1.54, 1.807) is 13.0 Å². The largest absolute Gasteiger partial charge is 0.486 e. The quantitative estimate of drug-likeness (QED) is 0.343. The second kappa shape index (κ2) is 11.7. The van der Waals surface area contributed by atoms with Crippen LogP contribution in [0.4, 0.5) is 5.00 Å². The summed E-state index contributed by atoms with van der Waals surface area (Å²) in [7, 11) is 1.25. The summed E-state index contributed by atoms with van der Waals surface area (Å²) in [5.74, 6) is -0.170. The van der Waals surface area contributed by atoms with E-state index in [-0.39, 0.29) is 34.4 Å². The molecular formula is C26H29NO7S. The molecule has 0 bridgehead atoms. The smallest absolute Gasteiger partial charge is 0.348 e. The van der Waals surface area contributed by atoms with E-state index in [1.165, 1.54) is 18.7 Å². The van der Waals surface area contributed by atoms with Crippen LogP contribution < -0.4 is 10.1 Å². The highest BCUT2D eigenvalue weighted by Gasteiger charge is 2.28. The Bertz CT molecular complexity index is 1190. The molecule has 186 valence electrons. The highest BCUT2D eigenvalue weighted by atomic mass is 32.1. The second-order valence-electron chi connectivity index (χ2n) is 8.12. The summed E-state index contributed by atoms with van der Waals surface area (Å²) >= 11 is 0.947. The SMILES string of the molecule is CCCOC(=O)c1c(NC(=O)c2ccc(COc3ccc(C(C)C)cc3)o2)sc(C(=O)OC)c1C. The first-order valence-electron chi connectivity index (χ1n) is 11.3. The number of rotatable bonds is 10. The van der Waals surface area contributed by atoms with Crippen LogP contribution in [0.2, 0.25) is 0 Å². The maximum Gasteiger partial charge on any atom is 0.348 e. The van der Waals surface area contributed by atoms with E-state index in [2.05, 4.69) is 19.2 Å². The zero-order chi connectivity index (χ0) is 25.5. The van der Waals surface area contributed by atoms with Crippen LogP contribution >= 0.6 is 11.3 Å². The number of ether oxygens (including phenoxy) is 3. The van der Waals surface area contributed by atoms with E-state index >= 15 is 0 Å². The summed E-state index contributed by atoms with van der Waals surface area (Å²) in [6.07, 6.45) is 0.638. The Hall–Kier alpha value is -3.59. The van der Waals surface area contributed by atoms with Crippen molar-refractivity contribution in [2.75, 3.05) is 19.0 Å². The number of thiophene rings is 1. The Kier molecular flexibility index (Phi) is 8.70. The van der Waals surface area contributed by atoms with E-state index in [0.29, 0.717) is 29.4 Å². The van der Waals surface area contributed by atoms with Crippen LogP contribution in [0.3, 0.4) is 0 Å². The molecule has 0 spiro atoms. The lowest BCUT2D eigenvalue weighted by Gasteiger charge is -2.08. The molecule has 3 aromatic rings. The number of amides is 1. The van der Waals surface area contributed by atoms with Gasteiger partial charge in [0.2, 0.25) is 0 Å². The molecule has 8 nitrogen and oxygen atoms in total. The lowest BCUT2D eigenvalue weighted by molar-refractivity contribution is 0.0506. The van der Waals surface area contributed by atoms with Crippen molar-refractivity contribution in [3.05, 3.63) is 69.5 Å². The molecule has 2 heterocycles.